The lowest BCUT2D eigenvalue weighted by Gasteiger charge is -2.39. The fourth-order valence-corrected chi connectivity index (χ4v) is 2.81. The number of carbonyl (C=O) groups excluding carboxylic acids is 1. The van der Waals surface area contributed by atoms with Crippen molar-refractivity contribution in [1.82, 2.24) is 0 Å². The summed E-state index contributed by atoms with van der Waals surface area (Å²) in [4.78, 5) is 12.3. The summed E-state index contributed by atoms with van der Waals surface area (Å²) in [5.74, 6) is 0.685. The third-order valence-electron chi connectivity index (χ3n) is 3.98. The number of nitrogens with two attached hydrogens (primary N) is 1. The van der Waals surface area contributed by atoms with E-state index < -0.39 is 11.0 Å². The Morgan fingerprint density at radius 2 is 1.89 bits per heavy atom. The molecule has 2 N–H and O–H groups in total. The minimum absolute atomic E-state index is 0.0903. The first-order valence-electron chi connectivity index (χ1n) is 7.26. The minimum atomic E-state index is -0.419. The summed E-state index contributed by atoms with van der Waals surface area (Å²) in [5, 5.41) is 0. The van der Waals surface area contributed by atoms with Crippen molar-refractivity contribution >= 4 is 5.97 Å². The molecule has 0 aromatic carbocycles. The SMILES string of the molecule is CCCC1CCC(CN)(C(=O)OC(C)(C)C)CC1. The smallest absolute Gasteiger partial charge is 0.313 e. The predicted octanol–water partition coefficient (Wildman–Crippen LogP) is 3.26. The lowest BCUT2D eigenvalue weighted by Crippen LogP contribution is -2.45. The topological polar surface area (TPSA) is 52.3 Å². The molecule has 0 unspecified atom stereocenters. The van der Waals surface area contributed by atoms with Crippen LogP contribution in [0.1, 0.15) is 66.2 Å². The molecule has 1 aliphatic carbocycles. The van der Waals surface area contributed by atoms with Gasteiger partial charge in [0, 0.05) is 6.54 Å². The van der Waals surface area contributed by atoms with Gasteiger partial charge in [0.05, 0.1) is 5.41 Å². The largest absolute Gasteiger partial charge is 0.460 e. The van der Waals surface area contributed by atoms with Crippen molar-refractivity contribution in [2.45, 2.75) is 71.8 Å². The van der Waals surface area contributed by atoms with E-state index in [2.05, 4.69) is 6.92 Å². The molecule has 106 valence electrons. The Bertz CT molecular complexity index is 273. The Balaban J connectivity index is 2.63. The maximum Gasteiger partial charge on any atom is 0.313 e. The molecule has 1 fully saturated rings. The third-order valence-corrected chi connectivity index (χ3v) is 3.98. The van der Waals surface area contributed by atoms with Crippen molar-refractivity contribution in [2.75, 3.05) is 6.54 Å². The molecule has 0 heterocycles. The summed E-state index contributed by atoms with van der Waals surface area (Å²) in [5.41, 5.74) is 5.04. The molecule has 3 nitrogen and oxygen atoms in total. The van der Waals surface area contributed by atoms with Gasteiger partial charge in [0.15, 0.2) is 0 Å². The molecular weight excluding hydrogens is 226 g/mol. The van der Waals surface area contributed by atoms with Gasteiger partial charge in [0.1, 0.15) is 5.60 Å². The van der Waals surface area contributed by atoms with Gasteiger partial charge in [-0.3, -0.25) is 4.79 Å². The predicted molar refractivity (Wildman–Crippen MR) is 74.2 cm³/mol. The Labute approximate surface area is 111 Å². The van der Waals surface area contributed by atoms with E-state index in [0.29, 0.717) is 6.54 Å². The normalized spacial score (nSPS) is 29.1. The second kappa shape index (κ2) is 6.05. The number of hydrogen-bond acceptors (Lipinski definition) is 3. The van der Waals surface area contributed by atoms with Gasteiger partial charge in [0.25, 0.3) is 0 Å². The third kappa shape index (κ3) is 3.98. The monoisotopic (exact) mass is 255 g/mol. The summed E-state index contributed by atoms with van der Waals surface area (Å²) in [7, 11) is 0. The first-order valence-corrected chi connectivity index (χ1v) is 7.26. The average molecular weight is 255 g/mol. The number of carbonyl (C=O) groups is 1. The van der Waals surface area contributed by atoms with Crippen molar-refractivity contribution < 1.29 is 9.53 Å². The van der Waals surface area contributed by atoms with Gasteiger partial charge in [-0.2, -0.15) is 0 Å². The molecule has 0 aromatic heterocycles. The van der Waals surface area contributed by atoms with Crippen LogP contribution in [0.5, 0.6) is 0 Å². The molecule has 0 amide bonds. The van der Waals surface area contributed by atoms with Crippen LogP contribution < -0.4 is 5.73 Å². The fraction of sp³-hybridized carbons (Fsp3) is 0.933. The Morgan fingerprint density at radius 3 is 2.28 bits per heavy atom. The molecule has 0 aromatic rings. The van der Waals surface area contributed by atoms with Crippen LogP contribution >= 0.6 is 0 Å². The van der Waals surface area contributed by atoms with Crippen molar-refractivity contribution in [2.24, 2.45) is 17.1 Å². The lowest BCUT2D eigenvalue weighted by atomic mass is 9.69. The Kier molecular flexibility index (Phi) is 5.20. The van der Waals surface area contributed by atoms with E-state index in [4.69, 9.17) is 10.5 Å². The fourth-order valence-electron chi connectivity index (χ4n) is 2.81. The number of esters is 1. The Hall–Kier alpha value is -0.570. The standard InChI is InChI=1S/C15H29NO2/c1-5-6-12-7-9-15(11-16,10-8-12)13(17)18-14(2,3)4/h12H,5-11,16H2,1-4H3. The zero-order valence-electron chi connectivity index (χ0n) is 12.4. The first kappa shape index (κ1) is 15.5. The van der Waals surface area contributed by atoms with E-state index in [1.54, 1.807) is 0 Å². The van der Waals surface area contributed by atoms with Gasteiger partial charge >= 0.3 is 5.97 Å². The van der Waals surface area contributed by atoms with Gasteiger partial charge in [-0.05, 0) is 52.4 Å². The van der Waals surface area contributed by atoms with Gasteiger partial charge in [-0.25, -0.2) is 0 Å². The molecule has 1 saturated carbocycles. The van der Waals surface area contributed by atoms with Crippen molar-refractivity contribution in [1.29, 1.82) is 0 Å². The van der Waals surface area contributed by atoms with E-state index in [-0.39, 0.29) is 5.97 Å². The quantitative estimate of drug-likeness (QED) is 0.784. The number of hydrogen-bond donors (Lipinski definition) is 1. The van der Waals surface area contributed by atoms with Gasteiger partial charge in [0.2, 0.25) is 0 Å². The Morgan fingerprint density at radius 1 is 1.33 bits per heavy atom. The summed E-state index contributed by atoms with van der Waals surface area (Å²) >= 11 is 0. The highest BCUT2D eigenvalue weighted by atomic mass is 16.6. The summed E-state index contributed by atoms with van der Waals surface area (Å²) in [6.45, 7) is 8.38. The lowest BCUT2D eigenvalue weighted by molar-refractivity contribution is -0.169. The van der Waals surface area contributed by atoms with E-state index in [9.17, 15) is 4.79 Å². The van der Waals surface area contributed by atoms with E-state index in [1.807, 2.05) is 20.8 Å². The molecule has 1 aliphatic rings. The van der Waals surface area contributed by atoms with Crippen LogP contribution in [0.25, 0.3) is 0 Å². The van der Waals surface area contributed by atoms with Gasteiger partial charge in [-0.15, -0.1) is 0 Å². The summed E-state index contributed by atoms with van der Waals surface area (Å²) < 4.78 is 5.55. The molecular formula is C15H29NO2. The molecule has 1 rings (SSSR count). The highest BCUT2D eigenvalue weighted by Crippen LogP contribution is 2.41. The zero-order chi connectivity index (χ0) is 13.8. The second-order valence-electron chi connectivity index (χ2n) is 6.72. The molecule has 0 bridgehead atoms. The van der Waals surface area contributed by atoms with Crippen molar-refractivity contribution in [3.05, 3.63) is 0 Å². The molecule has 0 atom stereocenters. The summed E-state index contributed by atoms with van der Waals surface area (Å²) in [6, 6.07) is 0. The molecule has 18 heavy (non-hydrogen) atoms. The van der Waals surface area contributed by atoms with Crippen LogP contribution in [-0.2, 0) is 9.53 Å². The number of ether oxygens (including phenoxy) is 1. The van der Waals surface area contributed by atoms with E-state index in [0.717, 1.165) is 31.6 Å². The maximum atomic E-state index is 12.3. The van der Waals surface area contributed by atoms with E-state index >= 15 is 0 Å². The second-order valence-corrected chi connectivity index (χ2v) is 6.72. The van der Waals surface area contributed by atoms with Crippen LogP contribution in [0.3, 0.4) is 0 Å². The van der Waals surface area contributed by atoms with Crippen LogP contribution in [0.4, 0.5) is 0 Å². The molecule has 3 heteroatoms. The average Bonchev–Trinajstić information content (AvgIpc) is 2.28. The zero-order valence-corrected chi connectivity index (χ0v) is 12.4. The number of rotatable bonds is 4. The molecule has 0 spiro atoms. The summed E-state index contributed by atoms with van der Waals surface area (Å²) in [6.07, 6.45) is 6.52. The first-order chi connectivity index (χ1) is 8.33. The van der Waals surface area contributed by atoms with Crippen LogP contribution in [-0.4, -0.2) is 18.1 Å². The van der Waals surface area contributed by atoms with Crippen molar-refractivity contribution in [3.8, 4) is 0 Å². The van der Waals surface area contributed by atoms with Gasteiger partial charge < -0.3 is 10.5 Å². The van der Waals surface area contributed by atoms with Crippen LogP contribution in [0.15, 0.2) is 0 Å². The minimum Gasteiger partial charge on any atom is -0.460 e. The van der Waals surface area contributed by atoms with Crippen LogP contribution in [0, 0.1) is 11.3 Å². The van der Waals surface area contributed by atoms with E-state index in [1.165, 1.54) is 12.8 Å². The van der Waals surface area contributed by atoms with Gasteiger partial charge in [-0.1, -0.05) is 19.8 Å². The van der Waals surface area contributed by atoms with Crippen molar-refractivity contribution in [3.63, 3.8) is 0 Å². The van der Waals surface area contributed by atoms with Crippen LogP contribution in [0.2, 0.25) is 0 Å². The molecule has 0 saturated heterocycles. The molecule has 0 radical (unpaired) electrons. The molecule has 0 aliphatic heterocycles. The highest BCUT2D eigenvalue weighted by molar-refractivity contribution is 5.77. The maximum absolute atomic E-state index is 12.3. The highest BCUT2D eigenvalue weighted by Gasteiger charge is 2.43.